The lowest BCUT2D eigenvalue weighted by atomic mass is 9.82. The van der Waals surface area contributed by atoms with Gasteiger partial charge in [0.1, 0.15) is 0 Å². The number of H-pyrrole nitrogens is 1. The SMILES string of the molecule is C1=CCC(CN2CC3CCc4n[nH]nc4C3C2)C=C1. The predicted molar refractivity (Wildman–Crippen MR) is 73.8 cm³/mol. The summed E-state index contributed by atoms with van der Waals surface area (Å²) in [6.07, 6.45) is 12.5. The van der Waals surface area contributed by atoms with Gasteiger partial charge >= 0.3 is 0 Å². The number of nitrogens with zero attached hydrogens (tertiary/aromatic N) is 3. The van der Waals surface area contributed by atoms with Gasteiger partial charge in [-0.15, -0.1) is 0 Å². The van der Waals surface area contributed by atoms with Crippen LogP contribution in [-0.4, -0.2) is 39.9 Å². The Morgan fingerprint density at radius 1 is 1.26 bits per heavy atom. The van der Waals surface area contributed by atoms with Crippen molar-refractivity contribution in [3.05, 3.63) is 35.7 Å². The van der Waals surface area contributed by atoms with E-state index in [1.54, 1.807) is 0 Å². The molecule has 1 aromatic heterocycles. The number of hydrogen-bond donors (Lipinski definition) is 1. The molecule has 0 radical (unpaired) electrons. The van der Waals surface area contributed by atoms with Crippen molar-refractivity contribution in [3.8, 4) is 0 Å². The number of rotatable bonds is 2. The second-order valence-electron chi connectivity index (χ2n) is 6.09. The lowest BCUT2D eigenvalue weighted by Crippen LogP contribution is -2.27. The van der Waals surface area contributed by atoms with Gasteiger partial charge in [0.2, 0.25) is 0 Å². The zero-order chi connectivity index (χ0) is 12.7. The maximum atomic E-state index is 4.39. The Balaban J connectivity index is 1.46. The highest BCUT2D eigenvalue weighted by atomic mass is 15.3. The van der Waals surface area contributed by atoms with Crippen molar-refractivity contribution in [2.75, 3.05) is 19.6 Å². The van der Waals surface area contributed by atoms with E-state index in [-0.39, 0.29) is 0 Å². The molecular formula is C15H20N4. The van der Waals surface area contributed by atoms with Gasteiger partial charge in [-0.05, 0) is 31.1 Å². The Bertz CT molecular complexity index is 516. The molecule has 2 aliphatic carbocycles. The van der Waals surface area contributed by atoms with Crippen LogP contribution in [-0.2, 0) is 6.42 Å². The molecule has 0 spiro atoms. The van der Waals surface area contributed by atoms with E-state index in [0.717, 1.165) is 18.9 Å². The topological polar surface area (TPSA) is 44.8 Å². The van der Waals surface area contributed by atoms with E-state index in [9.17, 15) is 0 Å². The van der Waals surface area contributed by atoms with E-state index in [1.165, 1.54) is 37.3 Å². The van der Waals surface area contributed by atoms with Gasteiger partial charge in [0.25, 0.3) is 0 Å². The van der Waals surface area contributed by atoms with Crippen LogP contribution in [0.1, 0.15) is 30.1 Å². The van der Waals surface area contributed by atoms with Gasteiger partial charge in [0, 0.05) is 25.6 Å². The minimum Gasteiger partial charge on any atom is -0.302 e. The Morgan fingerprint density at radius 3 is 3.16 bits per heavy atom. The fraction of sp³-hybridized carbons (Fsp3) is 0.600. The third-order valence-corrected chi connectivity index (χ3v) is 4.83. The first kappa shape index (κ1) is 11.4. The van der Waals surface area contributed by atoms with Crippen LogP contribution in [0.15, 0.2) is 24.3 Å². The molecule has 19 heavy (non-hydrogen) atoms. The molecule has 1 aliphatic heterocycles. The van der Waals surface area contributed by atoms with Crippen LogP contribution in [0.3, 0.4) is 0 Å². The van der Waals surface area contributed by atoms with Gasteiger partial charge in [-0.2, -0.15) is 15.4 Å². The van der Waals surface area contributed by atoms with Crippen molar-refractivity contribution < 1.29 is 0 Å². The van der Waals surface area contributed by atoms with Gasteiger partial charge in [-0.25, -0.2) is 0 Å². The first-order valence-electron chi connectivity index (χ1n) is 7.35. The standard InChI is InChI=1S/C15H20N4/c1-2-4-11(5-3-1)8-19-9-12-6-7-14-15(13(12)10-19)17-18-16-14/h1-4,11-13H,5-10H2,(H,16,17,18). The van der Waals surface area contributed by atoms with Crippen molar-refractivity contribution in [2.24, 2.45) is 11.8 Å². The highest BCUT2D eigenvalue weighted by Gasteiger charge is 2.39. The summed E-state index contributed by atoms with van der Waals surface area (Å²) in [6, 6.07) is 0. The molecule has 1 fully saturated rings. The lowest BCUT2D eigenvalue weighted by Gasteiger charge is -2.21. The Kier molecular flexibility index (Phi) is 2.76. The summed E-state index contributed by atoms with van der Waals surface area (Å²) in [7, 11) is 0. The molecular weight excluding hydrogens is 236 g/mol. The summed E-state index contributed by atoms with van der Waals surface area (Å²) in [5.74, 6) is 2.10. The van der Waals surface area contributed by atoms with Gasteiger partial charge in [0.15, 0.2) is 0 Å². The van der Waals surface area contributed by atoms with Crippen molar-refractivity contribution >= 4 is 0 Å². The highest BCUT2D eigenvalue weighted by molar-refractivity contribution is 5.22. The van der Waals surface area contributed by atoms with E-state index >= 15 is 0 Å². The average Bonchev–Trinajstić information content (AvgIpc) is 3.04. The molecule has 1 aromatic rings. The monoisotopic (exact) mass is 256 g/mol. The molecule has 0 bridgehead atoms. The zero-order valence-electron chi connectivity index (χ0n) is 11.1. The summed E-state index contributed by atoms with van der Waals surface area (Å²) in [5.41, 5.74) is 2.46. The Labute approximate surface area is 113 Å². The zero-order valence-corrected chi connectivity index (χ0v) is 11.1. The number of aromatic amines is 1. The minimum atomic E-state index is 0.616. The summed E-state index contributed by atoms with van der Waals surface area (Å²) in [5, 5.41) is 11.5. The number of aromatic nitrogens is 3. The number of nitrogens with one attached hydrogen (secondary N) is 1. The van der Waals surface area contributed by atoms with Crippen LogP contribution in [0, 0.1) is 11.8 Å². The van der Waals surface area contributed by atoms with Gasteiger partial charge in [-0.3, -0.25) is 0 Å². The molecule has 3 unspecified atom stereocenters. The average molecular weight is 256 g/mol. The molecule has 4 nitrogen and oxygen atoms in total. The van der Waals surface area contributed by atoms with E-state index in [1.807, 2.05) is 0 Å². The number of fused-ring (bicyclic) bond motifs is 3. The minimum absolute atomic E-state index is 0.616. The van der Waals surface area contributed by atoms with Crippen LogP contribution in [0.2, 0.25) is 0 Å². The normalized spacial score (nSPS) is 33.4. The molecule has 100 valence electrons. The van der Waals surface area contributed by atoms with Crippen LogP contribution in [0.25, 0.3) is 0 Å². The summed E-state index contributed by atoms with van der Waals surface area (Å²) < 4.78 is 0. The molecule has 3 aliphatic rings. The smallest absolute Gasteiger partial charge is 0.0903 e. The third-order valence-electron chi connectivity index (χ3n) is 4.83. The Morgan fingerprint density at radius 2 is 2.26 bits per heavy atom. The first-order valence-corrected chi connectivity index (χ1v) is 7.35. The second kappa shape index (κ2) is 4.60. The lowest BCUT2D eigenvalue weighted by molar-refractivity contribution is 0.289. The van der Waals surface area contributed by atoms with Gasteiger partial charge in [0.05, 0.1) is 11.4 Å². The molecule has 0 aromatic carbocycles. The van der Waals surface area contributed by atoms with E-state index in [4.69, 9.17) is 0 Å². The molecule has 0 saturated carbocycles. The van der Waals surface area contributed by atoms with Crippen molar-refractivity contribution in [1.82, 2.24) is 20.3 Å². The van der Waals surface area contributed by atoms with Gasteiger partial charge < -0.3 is 4.90 Å². The fourth-order valence-electron chi connectivity index (χ4n) is 3.87. The van der Waals surface area contributed by atoms with Crippen LogP contribution < -0.4 is 0 Å². The van der Waals surface area contributed by atoms with E-state index < -0.39 is 0 Å². The number of likely N-dealkylation sites (tertiary alicyclic amines) is 1. The van der Waals surface area contributed by atoms with Crippen LogP contribution in [0.4, 0.5) is 0 Å². The fourth-order valence-corrected chi connectivity index (χ4v) is 3.87. The largest absolute Gasteiger partial charge is 0.302 e. The summed E-state index contributed by atoms with van der Waals surface area (Å²) in [6.45, 7) is 3.60. The molecule has 2 heterocycles. The highest BCUT2D eigenvalue weighted by Crippen LogP contribution is 2.39. The van der Waals surface area contributed by atoms with Gasteiger partial charge in [-0.1, -0.05) is 24.3 Å². The molecule has 1 saturated heterocycles. The quantitative estimate of drug-likeness (QED) is 0.879. The predicted octanol–water partition coefficient (Wildman–Crippen LogP) is 1.90. The molecule has 0 amide bonds. The van der Waals surface area contributed by atoms with Crippen molar-refractivity contribution in [2.45, 2.75) is 25.2 Å². The number of hydrogen-bond acceptors (Lipinski definition) is 3. The first-order chi connectivity index (χ1) is 9.40. The van der Waals surface area contributed by atoms with E-state index in [2.05, 4.69) is 44.6 Å². The van der Waals surface area contributed by atoms with Crippen LogP contribution in [0.5, 0.6) is 0 Å². The molecule has 4 heteroatoms. The van der Waals surface area contributed by atoms with E-state index in [0.29, 0.717) is 11.8 Å². The number of aryl methyl sites for hydroxylation is 1. The molecule has 4 rings (SSSR count). The Hall–Kier alpha value is -1.42. The van der Waals surface area contributed by atoms with Crippen molar-refractivity contribution in [1.29, 1.82) is 0 Å². The summed E-state index contributed by atoms with van der Waals surface area (Å²) >= 11 is 0. The third kappa shape index (κ3) is 2.04. The van der Waals surface area contributed by atoms with Crippen LogP contribution >= 0.6 is 0 Å². The molecule has 1 N–H and O–H groups in total. The number of allylic oxidation sites excluding steroid dienone is 3. The summed E-state index contributed by atoms with van der Waals surface area (Å²) in [4.78, 5) is 2.63. The van der Waals surface area contributed by atoms with Crippen molar-refractivity contribution in [3.63, 3.8) is 0 Å². The maximum absolute atomic E-state index is 4.39. The maximum Gasteiger partial charge on any atom is 0.0903 e. The second-order valence-corrected chi connectivity index (χ2v) is 6.09. The molecule has 3 atom stereocenters.